The Morgan fingerprint density at radius 1 is 1.18 bits per heavy atom. The molecular formula is C19H23BrN4O3S. The molecule has 28 heavy (non-hydrogen) atoms. The standard InChI is InChI=1S/C19H23BrN4O3S/c1-11-21-14(15-16(22-11)23-17(25)28-15)12-6-8-13(9-7-12)18(2,10-20)24-19(3,26-4)27-5/h6-9,24H,10H2,1-5H3,(H,21,22,23,25). The van der Waals surface area contributed by atoms with Gasteiger partial charge < -0.3 is 9.47 Å². The number of halogens is 1. The molecule has 0 aliphatic rings. The van der Waals surface area contributed by atoms with Crippen molar-refractivity contribution >= 4 is 37.6 Å². The highest BCUT2D eigenvalue weighted by molar-refractivity contribution is 9.09. The van der Waals surface area contributed by atoms with Crippen LogP contribution in [-0.2, 0) is 15.0 Å². The van der Waals surface area contributed by atoms with E-state index < -0.39 is 11.4 Å². The summed E-state index contributed by atoms with van der Waals surface area (Å²) in [5, 5.41) is 4.06. The van der Waals surface area contributed by atoms with Crippen LogP contribution in [0.5, 0.6) is 0 Å². The van der Waals surface area contributed by atoms with Gasteiger partial charge >= 0.3 is 4.87 Å². The Kier molecular flexibility index (Phi) is 6.02. The maximum absolute atomic E-state index is 11.8. The summed E-state index contributed by atoms with van der Waals surface area (Å²) >= 11 is 4.72. The van der Waals surface area contributed by atoms with Gasteiger partial charge in [0.2, 0.25) is 5.91 Å². The number of H-pyrrole nitrogens is 1. The van der Waals surface area contributed by atoms with Gasteiger partial charge in [-0.25, -0.2) is 9.97 Å². The number of aromatic amines is 1. The van der Waals surface area contributed by atoms with E-state index in [0.29, 0.717) is 16.8 Å². The summed E-state index contributed by atoms with van der Waals surface area (Å²) in [6.07, 6.45) is 0. The van der Waals surface area contributed by atoms with Crippen molar-refractivity contribution in [3.63, 3.8) is 0 Å². The van der Waals surface area contributed by atoms with Crippen LogP contribution in [0.2, 0.25) is 0 Å². The second-order valence-electron chi connectivity index (χ2n) is 6.83. The number of aryl methyl sites for hydroxylation is 1. The van der Waals surface area contributed by atoms with E-state index in [9.17, 15) is 4.79 Å². The zero-order valence-electron chi connectivity index (χ0n) is 16.4. The number of thiazole rings is 1. The van der Waals surface area contributed by atoms with Gasteiger partial charge in [-0.2, -0.15) is 0 Å². The molecule has 0 aliphatic carbocycles. The molecule has 1 atom stereocenters. The van der Waals surface area contributed by atoms with Gasteiger partial charge in [0.05, 0.1) is 11.2 Å². The number of fused-ring (bicyclic) bond motifs is 1. The molecule has 0 saturated heterocycles. The van der Waals surface area contributed by atoms with Crippen LogP contribution in [0.25, 0.3) is 21.6 Å². The monoisotopic (exact) mass is 466 g/mol. The molecule has 150 valence electrons. The fourth-order valence-electron chi connectivity index (χ4n) is 3.02. The van der Waals surface area contributed by atoms with Crippen molar-refractivity contribution in [3.8, 4) is 11.3 Å². The molecule has 0 spiro atoms. The van der Waals surface area contributed by atoms with Crippen molar-refractivity contribution in [3.05, 3.63) is 45.3 Å². The maximum atomic E-state index is 11.8. The Morgan fingerprint density at radius 2 is 1.82 bits per heavy atom. The normalized spacial score (nSPS) is 14.4. The van der Waals surface area contributed by atoms with E-state index in [1.165, 1.54) is 0 Å². The van der Waals surface area contributed by atoms with Gasteiger partial charge in [-0.1, -0.05) is 51.5 Å². The van der Waals surface area contributed by atoms with Gasteiger partial charge in [-0.05, 0) is 19.4 Å². The van der Waals surface area contributed by atoms with Crippen molar-refractivity contribution in [2.45, 2.75) is 32.2 Å². The minimum absolute atomic E-state index is 0.137. The number of hydrogen-bond acceptors (Lipinski definition) is 7. The molecular weight excluding hydrogens is 444 g/mol. The SMILES string of the molecule is COC(C)(NC(C)(CBr)c1ccc(-c2nc(C)nc3[nH]c(=O)sc23)cc1)OC. The molecule has 2 aromatic heterocycles. The van der Waals surface area contributed by atoms with Gasteiger partial charge in [0, 0.05) is 32.0 Å². The third kappa shape index (κ3) is 4.04. The van der Waals surface area contributed by atoms with Gasteiger partial charge in [-0.3, -0.25) is 15.1 Å². The smallest absolute Gasteiger partial charge is 0.306 e. The highest BCUT2D eigenvalue weighted by Gasteiger charge is 2.35. The third-order valence-corrected chi connectivity index (χ3v) is 6.74. The molecule has 2 heterocycles. The summed E-state index contributed by atoms with van der Waals surface area (Å²) in [7, 11) is 3.19. The lowest BCUT2D eigenvalue weighted by Gasteiger charge is -2.39. The number of ether oxygens (including phenoxy) is 2. The molecule has 0 saturated carbocycles. The predicted octanol–water partition coefficient (Wildman–Crippen LogP) is 3.52. The summed E-state index contributed by atoms with van der Waals surface area (Å²) in [6.45, 7) is 5.71. The third-order valence-electron chi connectivity index (χ3n) is 4.74. The number of nitrogens with one attached hydrogen (secondary N) is 2. The van der Waals surface area contributed by atoms with Crippen molar-refractivity contribution < 1.29 is 9.47 Å². The summed E-state index contributed by atoms with van der Waals surface area (Å²) in [5.41, 5.74) is 2.87. The maximum Gasteiger partial charge on any atom is 0.306 e. The molecule has 3 aromatic rings. The van der Waals surface area contributed by atoms with Crippen molar-refractivity contribution in [2.24, 2.45) is 0 Å². The molecule has 0 aliphatic heterocycles. The first-order valence-corrected chi connectivity index (χ1v) is 10.6. The molecule has 0 bridgehead atoms. The van der Waals surface area contributed by atoms with E-state index >= 15 is 0 Å². The van der Waals surface area contributed by atoms with E-state index in [1.807, 2.05) is 38.1 Å². The molecule has 1 aromatic carbocycles. The highest BCUT2D eigenvalue weighted by atomic mass is 79.9. The van der Waals surface area contributed by atoms with Crippen LogP contribution in [0.1, 0.15) is 25.2 Å². The van der Waals surface area contributed by atoms with E-state index in [1.54, 1.807) is 14.2 Å². The average molecular weight is 467 g/mol. The van der Waals surface area contributed by atoms with Crippen molar-refractivity contribution in [1.82, 2.24) is 20.3 Å². The van der Waals surface area contributed by atoms with Crippen LogP contribution < -0.4 is 10.2 Å². The van der Waals surface area contributed by atoms with Gasteiger partial charge in [0.1, 0.15) is 10.5 Å². The van der Waals surface area contributed by atoms with Crippen LogP contribution >= 0.6 is 27.3 Å². The number of aromatic nitrogens is 3. The van der Waals surface area contributed by atoms with Gasteiger partial charge in [0.25, 0.3) is 0 Å². The Labute approximate surface area is 175 Å². The van der Waals surface area contributed by atoms with E-state index in [2.05, 4.69) is 43.1 Å². The highest BCUT2D eigenvalue weighted by Crippen LogP contribution is 2.31. The molecule has 2 N–H and O–H groups in total. The number of nitrogens with zero attached hydrogens (tertiary/aromatic N) is 2. The van der Waals surface area contributed by atoms with Gasteiger partial charge in [-0.15, -0.1) is 0 Å². The van der Waals surface area contributed by atoms with Gasteiger partial charge in [0.15, 0.2) is 5.65 Å². The summed E-state index contributed by atoms with van der Waals surface area (Å²) in [4.78, 5) is 23.2. The number of hydrogen-bond donors (Lipinski definition) is 2. The molecule has 0 fully saturated rings. The molecule has 3 rings (SSSR count). The number of rotatable bonds is 7. The summed E-state index contributed by atoms with van der Waals surface area (Å²) in [5.74, 6) is -0.308. The average Bonchev–Trinajstić information content (AvgIpc) is 3.07. The van der Waals surface area contributed by atoms with Crippen LogP contribution in [0, 0.1) is 6.92 Å². The fraction of sp³-hybridized carbons (Fsp3) is 0.421. The first-order chi connectivity index (χ1) is 13.2. The Bertz CT molecular complexity index is 1030. The molecule has 0 radical (unpaired) electrons. The Morgan fingerprint density at radius 3 is 2.39 bits per heavy atom. The lowest BCUT2D eigenvalue weighted by molar-refractivity contribution is -0.226. The quantitative estimate of drug-likeness (QED) is 0.408. The number of alkyl halides is 1. The largest absolute Gasteiger partial charge is 0.341 e. The minimum Gasteiger partial charge on any atom is -0.341 e. The van der Waals surface area contributed by atoms with E-state index in [-0.39, 0.29) is 4.87 Å². The Hall–Kier alpha value is -1.65. The first-order valence-electron chi connectivity index (χ1n) is 8.67. The van der Waals surface area contributed by atoms with Crippen LogP contribution in [-0.4, -0.2) is 40.4 Å². The second kappa shape index (κ2) is 8.00. The zero-order chi connectivity index (χ0) is 20.5. The Balaban J connectivity index is 2.01. The van der Waals surface area contributed by atoms with Crippen LogP contribution in [0.4, 0.5) is 0 Å². The predicted molar refractivity (Wildman–Crippen MR) is 115 cm³/mol. The minimum atomic E-state index is -0.922. The van der Waals surface area contributed by atoms with E-state index in [4.69, 9.17) is 9.47 Å². The zero-order valence-corrected chi connectivity index (χ0v) is 18.8. The number of benzene rings is 1. The topological polar surface area (TPSA) is 89.1 Å². The molecule has 9 heteroatoms. The number of methoxy groups -OCH3 is 2. The fourth-order valence-corrected chi connectivity index (χ4v) is 4.27. The van der Waals surface area contributed by atoms with Crippen molar-refractivity contribution in [2.75, 3.05) is 19.5 Å². The lowest BCUT2D eigenvalue weighted by Crippen LogP contribution is -2.56. The van der Waals surface area contributed by atoms with Crippen LogP contribution in [0.3, 0.4) is 0 Å². The molecule has 7 nitrogen and oxygen atoms in total. The molecule has 1 unspecified atom stereocenters. The van der Waals surface area contributed by atoms with Crippen LogP contribution in [0.15, 0.2) is 29.1 Å². The van der Waals surface area contributed by atoms with E-state index in [0.717, 1.165) is 32.9 Å². The summed E-state index contributed by atoms with van der Waals surface area (Å²) < 4.78 is 11.7. The first kappa shape index (κ1) is 21.1. The lowest BCUT2D eigenvalue weighted by atomic mass is 9.92. The summed E-state index contributed by atoms with van der Waals surface area (Å²) in [6, 6.07) is 8.07. The molecule has 0 amide bonds. The second-order valence-corrected chi connectivity index (χ2v) is 8.38. The van der Waals surface area contributed by atoms with Crippen molar-refractivity contribution in [1.29, 1.82) is 0 Å².